The minimum Gasteiger partial charge on any atom is -0.248 e. The van der Waals surface area contributed by atoms with E-state index in [-0.39, 0.29) is 5.69 Å². The van der Waals surface area contributed by atoms with Crippen molar-refractivity contribution >= 4 is 0 Å². The number of hydrogen-bond donors (Lipinski definition) is 0. The fourth-order valence-corrected chi connectivity index (χ4v) is 0.803. The second kappa shape index (κ2) is 6.07. The molecular weight excluding hydrogens is 203 g/mol. The highest BCUT2D eigenvalue weighted by atomic mass is 19.4. The van der Waals surface area contributed by atoms with Crippen molar-refractivity contribution in [3.05, 3.63) is 29.6 Å². The summed E-state index contributed by atoms with van der Waals surface area (Å²) in [6.07, 6.45) is -3.23. The summed E-state index contributed by atoms with van der Waals surface area (Å²) in [7, 11) is 0. The minimum atomic E-state index is -4.33. The number of aromatic nitrogens is 1. The van der Waals surface area contributed by atoms with E-state index in [2.05, 4.69) is 16.8 Å². The average molecular weight is 215 g/mol. The van der Waals surface area contributed by atoms with Gasteiger partial charge < -0.3 is 0 Å². The third-order valence-corrected chi connectivity index (χ3v) is 1.34. The Morgan fingerprint density at radius 3 is 2.33 bits per heavy atom. The molecular formula is C11H12F3N. The van der Waals surface area contributed by atoms with Crippen molar-refractivity contribution in [2.45, 2.75) is 26.9 Å². The lowest BCUT2D eigenvalue weighted by Crippen LogP contribution is -2.05. The van der Waals surface area contributed by atoms with Gasteiger partial charge in [-0.2, -0.15) is 13.2 Å². The second-order valence-corrected chi connectivity index (χ2v) is 2.30. The van der Waals surface area contributed by atoms with E-state index in [9.17, 15) is 13.2 Å². The van der Waals surface area contributed by atoms with Crippen LogP contribution in [0.3, 0.4) is 0 Å². The largest absolute Gasteiger partial charge is 0.416 e. The van der Waals surface area contributed by atoms with Crippen LogP contribution in [0, 0.1) is 11.8 Å². The molecule has 0 radical (unpaired) electrons. The summed E-state index contributed by atoms with van der Waals surface area (Å²) in [5, 5.41) is 0. The second-order valence-electron chi connectivity index (χ2n) is 2.30. The standard InChI is InChI=1S/C9H6F3N.C2H6/c1-2-3-8-6-7(4-5-13-8)9(10,11)12;1-2/h4-6H,1H3;1-2H3. The van der Waals surface area contributed by atoms with Crippen LogP contribution in [-0.2, 0) is 6.18 Å². The van der Waals surface area contributed by atoms with Gasteiger partial charge in [-0.1, -0.05) is 19.8 Å². The molecule has 0 aliphatic heterocycles. The number of rotatable bonds is 0. The summed E-state index contributed by atoms with van der Waals surface area (Å²) in [5.41, 5.74) is -0.586. The molecule has 0 saturated heterocycles. The molecule has 0 saturated carbocycles. The zero-order valence-electron chi connectivity index (χ0n) is 8.81. The SMILES string of the molecule is CC.CC#Cc1cc(C(F)(F)F)ccn1. The number of alkyl halides is 3. The molecule has 1 rings (SSSR count). The monoisotopic (exact) mass is 215 g/mol. The zero-order valence-corrected chi connectivity index (χ0v) is 8.81. The lowest BCUT2D eigenvalue weighted by atomic mass is 10.2. The van der Waals surface area contributed by atoms with E-state index in [1.54, 1.807) is 6.92 Å². The third kappa shape index (κ3) is 4.50. The van der Waals surface area contributed by atoms with Gasteiger partial charge in [0.2, 0.25) is 0 Å². The van der Waals surface area contributed by atoms with E-state index in [0.717, 1.165) is 18.3 Å². The molecule has 0 aliphatic rings. The molecule has 0 fully saturated rings. The molecule has 0 bridgehead atoms. The summed E-state index contributed by atoms with van der Waals surface area (Å²) in [4.78, 5) is 3.67. The van der Waals surface area contributed by atoms with Gasteiger partial charge in [0.1, 0.15) is 5.69 Å². The van der Waals surface area contributed by atoms with E-state index in [1.807, 2.05) is 13.8 Å². The predicted molar refractivity (Wildman–Crippen MR) is 53.1 cm³/mol. The summed E-state index contributed by atoms with van der Waals surface area (Å²) >= 11 is 0. The molecule has 0 amide bonds. The number of nitrogens with zero attached hydrogens (tertiary/aromatic N) is 1. The molecule has 1 heterocycles. The lowest BCUT2D eigenvalue weighted by molar-refractivity contribution is -0.137. The van der Waals surface area contributed by atoms with Crippen molar-refractivity contribution in [1.29, 1.82) is 0 Å². The zero-order chi connectivity index (χ0) is 11.9. The predicted octanol–water partition coefficient (Wildman–Crippen LogP) is 3.50. The van der Waals surface area contributed by atoms with Gasteiger partial charge in [-0.3, -0.25) is 0 Å². The van der Waals surface area contributed by atoms with Gasteiger partial charge in [0.25, 0.3) is 0 Å². The third-order valence-electron chi connectivity index (χ3n) is 1.34. The Morgan fingerprint density at radius 2 is 1.87 bits per heavy atom. The Morgan fingerprint density at radius 1 is 1.27 bits per heavy atom. The maximum Gasteiger partial charge on any atom is 0.416 e. The number of hydrogen-bond acceptors (Lipinski definition) is 1. The smallest absolute Gasteiger partial charge is 0.248 e. The van der Waals surface area contributed by atoms with Crippen LogP contribution in [0.1, 0.15) is 32.0 Å². The van der Waals surface area contributed by atoms with Crippen molar-refractivity contribution in [2.75, 3.05) is 0 Å². The van der Waals surface area contributed by atoms with E-state index in [0.29, 0.717) is 0 Å². The van der Waals surface area contributed by atoms with Crippen LogP contribution in [0.4, 0.5) is 13.2 Å². The summed E-state index contributed by atoms with van der Waals surface area (Å²) in [6, 6.07) is 1.84. The number of pyridine rings is 1. The fourth-order valence-electron chi connectivity index (χ4n) is 0.803. The maximum absolute atomic E-state index is 12.1. The van der Waals surface area contributed by atoms with Crippen LogP contribution < -0.4 is 0 Å². The molecule has 0 aliphatic carbocycles. The minimum absolute atomic E-state index is 0.136. The van der Waals surface area contributed by atoms with Crippen molar-refractivity contribution in [3.8, 4) is 11.8 Å². The Bertz CT molecular complexity index is 358. The Balaban J connectivity index is 0.000000921. The van der Waals surface area contributed by atoms with Gasteiger partial charge in [0, 0.05) is 6.20 Å². The van der Waals surface area contributed by atoms with Gasteiger partial charge in [-0.15, -0.1) is 0 Å². The van der Waals surface area contributed by atoms with Crippen molar-refractivity contribution < 1.29 is 13.2 Å². The highest BCUT2D eigenvalue weighted by molar-refractivity contribution is 5.31. The van der Waals surface area contributed by atoms with E-state index < -0.39 is 11.7 Å². The molecule has 1 nitrogen and oxygen atoms in total. The Labute approximate surface area is 87.3 Å². The van der Waals surface area contributed by atoms with Crippen LogP contribution in [0.2, 0.25) is 0 Å². The fraction of sp³-hybridized carbons (Fsp3) is 0.364. The highest BCUT2D eigenvalue weighted by Crippen LogP contribution is 2.28. The molecule has 82 valence electrons. The van der Waals surface area contributed by atoms with Crippen molar-refractivity contribution in [1.82, 2.24) is 4.98 Å². The van der Waals surface area contributed by atoms with Crippen LogP contribution in [0.25, 0.3) is 0 Å². The first-order valence-corrected chi connectivity index (χ1v) is 4.50. The van der Waals surface area contributed by atoms with Gasteiger partial charge in [0.05, 0.1) is 5.56 Å². The summed E-state index contributed by atoms with van der Waals surface area (Å²) in [5.74, 6) is 4.94. The molecule has 4 heteroatoms. The summed E-state index contributed by atoms with van der Waals surface area (Å²) < 4.78 is 36.4. The topological polar surface area (TPSA) is 12.9 Å². The normalized spacial score (nSPS) is 9.47. The molecule has 0 spiro atoms. The first-order chi connectivity index (χ1) is 7.04. The molecule has 0 atom stereocenters. The van der Waals surface area contributed by atoms with Crippen LogP contribution >= 0.6 is 0 Å². The van der Waals surface area contributed by atoms with E-state index >= 15 is 0 Å². The van der Waals surface area contributed by atoms with E-state index in [1.165, 1.54) is 0 Å². The Hall–Kier alpha value is -1.50. The molecule has 15 heavy (non-hydrogen) atoms. The van der Waals surface area contributed by atoms with Gasteiger partial charge in [0.15, 0.2) is 0 Å². The van der Waals surface area contributed by atoms with Gasteiger partial charge in [-0.05, 0) is 25.0 Å². The highest BCUT2D eigenvalue weighted by Gasteiger charge is 2.30. The van der Waals surface area contributed by atoms with Crippen molar-refractivity contribution in [2.24, 2.45) is 0 Å². The maximum atomic E-state index is 12.1. The quantitative estimate of drug-likeness (QED) is 0.603. The lowest BCUT2D eigenvalue weighted by Gasteiger charge is -2.05. The molecule has 0 aromatic carbocycles. The van der Waals surface area contributed by atoms with Gasteiger partial charge >= 0.3 is 6.18 Å². The number of halogens is 3. The average Bonchev–Trinajstić information content (AvgIpc) is 2.21. The van der Waals surface area contributed by atoms with Crippen LogP contribution in [-0.4, -0.2) is 4.98 Å². The van der Waals surface area contributed by atoms with Crippen LogP contribution in [0.5, 0.6) is 0 Å². The van der Waals surface area contributed by atoms with Crippen molar-refractivity contribution in [3.63, 3.8) is 0 Å². The van der Waals surface area contributed by atoms with Gasteiger partial charge in [-0.25, -0.2) is 4.98 Å². The first kappa shape index (κ1) is 13.5. The summed E-state index contributed by atoms with van der Waals surface area (Å²) in [6.45, 7) is 5.54. The molecule has 0 unspecified atom stereocenters. The van der Waals surface area contributed by atoms with Crippen LogP contribution in [0.15, 0.2) is 18.3 Å². The molecule has 1 aromatic heterocycles. The molecule has 1 aromatic rings. The first-order valence-electron chi connectivity index (χ1n) is 4.50. The van der Waals surface area contributed by atoms with E-state index in [4.69, 9.17) is 0 Å². The molecule has 0 N–H and O–H groups in total. The Kier molecular flexibility index (Phi) is 5.46.